The van der Waals surface area contributed by atoms with Gasteiger partial charge >= 0.3 is 6.03 Å². The molecule has 0 aliphatic rings. The van der Waals surface area contributed by atoms with Crippen LogP contribution in [0, 0.1) is 5.82 Å². The predicted molar refractivity (Wildman–Crippen MR) is 132 cm³/mol. The molecule has 0 saturated heterocycles. The van der Waals surface area contributed by atoms with Gasteiger partial charge in [-0.1, -0.05) is 11.6 Å². The standard InChI is InChI=1S/C22H18ClFN4O4S2/c1-2-25-18-11-13-9-10-28(21(29)16(13)12-17(18)24)15-5-3-14(4-6-15)26-22(30)27-34(31,32)20-8-7-19(23)33-20/h3-12,25H,2H2,1H3,(H2,26,27,30). The number of hydrogen-bond acceptors (Lipinski definition) is 6. The fourth-order valence-corrected chi connectivity index (χ4v) is 5.66. The molecule has 2 aromatic carbocycles. The van der Waals surface area contributed by atoms with E-state index in [0.717, 1.165) is 11.3 Å². The van der Waals surface area contributed by atoms with Crippen molar-refractivity contribution in [1.82, 2.24) is 9.29 Å². The third kappa shape index (κ3) is 4.91. The van der Waals surface area contributed by atoms with Gasteiger partial charge in [0.15, 0.2) is 0 Å². The maximum atomic E-state index is 14.3. The quantitative estimate of drug-likeness (QED) is 0.339. The summed E-state index contributed by atoms with van der Waals surface area (Å²) in [5, 5.41) is 6.16. The lowest BCUT2D eigenvalue weighted by molar-refractivity contribution is 0.256. The molecule has 4 aromatic rings. The van der Waals surface area contributed by atoms with Gasteiger partial charge in [-0.15, -0.1) is 11.3 Å². The average Bonchev–Trinajstić information content (AvgIpc) is 3.23. The minimum atomic E-state index is -4.06. The van der Waals surface area contributed by atoms with Crippen molar-refractivity contribution in [2.75, 3.05) is 17.2 Å². The first-order valence-corrected chi connectivity index (χ1v) is 12.6. The van der Waals surface area contributed by atoms with E-state index >= 15 is 0 Å². The van der Waals surface area contributed by atoms with Crippen LogP contribution in [0.15, 0.2) is 69.8 Å². The number of carbonyl (C=O) groups is 1. The highest BCUT2D eigenvalue weighted by atomic mass is 35.5. The minimum Gasteiger partial charge on any atom is -0.383 e. The number of nitrogens with one attached hydrogen (secondary N) is 3. The van der Waals surface area contributed by atoms with Crippen molar-refractivity contribution in [3.63, 3.8) is 0 Å². The van der Waals surface area contributed by atoms with Crippen molar-refractivity contribution in [2.45, 2.75) is 11.1 Å². The highest BCUT2D eigenvalue weighted by molar-refractivity contribution is 7.92. The first kappa shape index (κ1) is 23.7. The van der Waals surface area contributed by atoms with Crippen LogP contribution in [0.4, 0.5) is 20.6 Å². The van der Waals surface area contributed by atoms with Crippen LogP contribution in [-0.4, -0.2) is 25.6 Å². The van der Waals surface area contributed by atoms with Crippen LogP contribution < -0.4 is 20.9 Å². The molecule has 8 nitrogen and oxygen atoms in total. The van der Waals surface area contributed by atoms with Crippen LogP contribution >= 0.6 is 22.9 Å². The Morgan fingerprint density at radius 3 is 2.50 bits per heavy atom. The van der Waals surface area contributed by atoms with Crippen LogP contribution in [0.2, 0.25) is 4.34 Å². The summed E-state index contributed by atoms with van der Waals surface area (Å²) >= 11 is 6.57. The largest absolute Gasteiger partial charge is 0.383 e. The second kappa shape index (κ2) is 9.45. The molecule has 0 aliphatic heterocycles. The summed E-state index contributed by atoms with van der Waals surface area (Å²) in [6, 6.07) is 12.4. The van der Waals surface area contributed by atoms with Crippen molar-refractivity contribution in [2.24, 2.45) is 0 Å². The van der Waals surface area contributed by atoms with E-state index in [4.69, 9.17) is 11.6 Å². The third-order valence-corrected chi connectivity index (χ3v) is 7.86. The Bertz CT molecular complexity index is 1550. The van der Waals surface area contributed by atoms with E-state index in [-0.39, 0.29) is 13.9 Å². The number of hydrogen-bond donors (Lipinski definition) is 3. The Balaban J connectivity index is 1.53. The van der Waals surface area contributed by atoms with Crippen LogP contribution in [-0.2, 0) is 10.0 Å². The SMILES string of the molecule is CCNc1cc2ccn(-c3ccc(NC(=O)NS(=O)(=O)c4ccc(Cl)s4)cc3)c(=O)c2cc1F. The van der Waals surface area contributed by atoms with Gasteiger partial charge in [0.05, 0.1) is 15.4 Å². The number of amides is 2. The predicted octanol–water partition coefficient (Wildman–Crippen LogP) is 4.79. The number of sulfonamides is 1. The first-order chi connectivity index (χ1) is 16.2. The number of nitrogens with zero attached hydrogens (tertiary/aromatic N) is 1. The number of aromatic nitrogens is 1. The number of anilines is 2. The molecule has 0 unspecified atom stereocenters. The lowest BCUT2D eigenvalue weighted by Gasteiger charge is -2.11. The van der Waals surface area contributed by atoms with Crippen molar-refractivity contribution in [3.05, 3.63) is 81.3 Å². The van der Waals surface area contributed by atoms with E-state index in [1.54, 1.807) is 30.5 Å². The molecule has 0 fully saturated rings. The van der Waals surface area contributed by atoms with Gasteiger partial charge in [0, 0.05) is 24.1 Å². The Morgan fingerprint density at radius 1 is 1.12 bits per heavy atom. The first-order valence-electron chi connectivity index (χ1n) is 9.96. The van der Waals surface area contributed by atoms with E-state index in [2.05, 4.69) is 10.6 Å². The van der Waals surface area contributed by atoms with Crippen molar-refractivity contribution in [3.8, 4) is 5.69 Å². The van der Waals surface area contributed by atoms with E-state index in [1.807, 2.05) is 11.6 Å². The molecule has 4 rings (SSSR count). The number of fused-ring (bicyclic) bond motifs is 1. The van der Waals surface area contributed by atoms with Crippen molar-refractivity contribution < 1.29 is 17.6 Å². The highest BCUT2D eigenvalue weighted by Crippen LogP contribution is 2.25. The summed E-state index contributed by atoms with van der Waals surface area (Å²) in [5.74, 6) is -0.519. The molecule has 0 saturated carbocycles. The van der Waals surface area contributed by atoms with Gasteiger partial charge in [0.2, 0.25) is 0 Å². The van der Waals surface area contributed by atoms with Gasteiger partial charge in [0.25, 0.3) is 15.6 Å². The second-order valence-corrected chi connectivity index (χ2v) is 10.7. The Labute approximate surface area is 203 Å². The summed E-state index contributed by atoms with van der Waals surface area (Å²) in [5.41, 5.74) is 0.703. The molecular weight excluding hydrogens is 503 g/mol. The maximum absolute atomic E-state index is 14.3. The molecule has 176 valence electrons. The summed E-state index contributed by atoms with van der Waals surface area (Å²) in [4.78, 5) is 25.1. The summed E-state index contributed by atoms with van der Waals surface area (Å²) < 4.78 is 42.2. The van der Waals surface area contributed by atoms with Crippen molar-refractivity contribution in [1.29, 1.82) is 0 Å². The van der Waals surface area contributed by atoms with E-state index < -0.39 is 27.4 Å². The second-order valence-electron chi connectivity index (χ2n) is 7.11. The summed E-state index contributed by atoms with van der Waals surface area (Å²) in [6.45, 7) is 2.40. The number of benzene rings is 2. The normalized spacial score (nSPS) is 11.4. The van der Waals surface area contributed by atoms with Crippen LogP contribution in [0.1, 0.15) is 6.92 Å². The molecule has 0 radical (unpaired) electrons. The minimum absolute atomic E-state index is 0.0901. The molecule has 2 amide bonds. The zero-order valence-corrected chi connectivity index (χ0v) is 20.0. The average molecular weight is 521 g/mol. The highest BCUT2D eigenvalue weighted by Gasteiger charge is 2.20. The smallest absolute Gasteiger partial charge is 0.333 e. The molecule has 0 spiro atoms. The Hall–Kier alpha value is -3.41. The summed E-state index contributed by atoms with van der Waals surface area (Å²) in [6.07, 6.45) is 1.58. The fraction of sp³-hybridized carbons (Fsp3) is 0.0909. The van der Waals surface area contributed by atoms with E-state index in [0.29, 0.717) is 29.0 Å². The molecule has 0 atom stereocenters. The lowest BCUT2D eigenvalue weighted by atomic mass is 10.1. The zero-order valence-electron chi connectivity index (χ0n) is 17.6. The molecule has 12 heteroatoms. The maximum Gasteiger partial charge on any atom is 0.333 e. The molecule has 3 N–H and O–H groups in total. The monoisotopic (exact) mass is 520 g/mol. The van der Waals surface area contributed by atoms with Crippen LogP contribution in [0.5, 0.6) is 0 Å². The molecule has 2 heterocycles. The number of thiophene rings is 1. The van der Waals surface area contributed by atoms with Gasteiger partial charge in [-0.25, -0.2) is 22.3 Å². The molecule has 0 bridgehead atoms. The third-order valence-electron chi connectivity index (χ3n) is 4.80. The van der Waals surface area contributed by atoms with E-state index in [9.17, 15) is 22.4 Å². The number of pyridine rings is 1. The van der Waals surface area contributed by atoms with Gasteiger partial charge in [0.1, 0.15) is 10.0 Å². The summed E-state index contributed by atoms with van der Waals surface area (Å²) in [7, 11) is -4.06. The number of carbonyl (C=O) groups excluding carboxylic acids is 1. The van der Waals surface area contributed by atoms with E-state index in [1.165, 1.54) is 34.9 Å². The Morgan fingerprint density at radius 2 is 1.85 bits per heavy atom. The van der Waals surface area contributed by atoms with Gasteiger partial charge in [-0.3, -0.25) is 9.36 Å². The van der Waals surface area contributed by atoms with Crippen LogP contribution in [0.3, 0.4) is 0 Å². The molecular formula is C22H18ClFN4O4S2. The van der Waals surface area contributed by atoms with Gasteiger partial charge in [-0.2, -0.15) is 0 Å². The van der Waals surface area contributed by atoms with Gasteiger partial charge in [-0.05, 0) is 66.9 Å². The van der Waals surface area contributed by atoms with Gasteiger partial charge < -0.3 is 10.6 Å². The molecule has 0 aliphatic carbocycles. The Kier molecular flexibility index (Phi) is 6.60. The number of urea groups is 1. The zero-order chi connectivity index (χ0) is 24.5. The fourth-order valence-electron chi connectivity index (χ4n) is 3.27. The molecule has 2 aromatic heterocycles. The number of halogens is 2. The molecule has 34 heavy (non-hydrogen) atoms. The topological polar surface area (TPSA) is 109 Å². The van der Waals surface area contributed by atoms with Crippen molar-refractivity contribution >= 4 is 61.1 Å². The van der Waals surface area contributed by atoms with Crippen LogP contribution in [0.25, 0.3) is 16.5 Å². The number of rotatable bonds is 6. The lowest BCUT2D eigenvalue weighted by Crippen LogP contribution is -2.33.